The average molecular weight is 392 g/mol. The largest absolute Gasteiger partial charge is 0.493 e. The highest BCUT2D eigenvalue weighted by atomic mass is 16.7. The zero-order chi connectivity index (χ0) is 20.1. The predicted molar refractivity (Wildman–Crippen MR) is 109 cm³/mol. The summed E-state index contributed by atoms with van der Waals surface area (Å²) in [5.74, 6) is 2.12. The minimum atomic E-state index is -0.368. The van der Waals surface area contributed by atoms with Gasteiger partial charge in [-0.2, -0.15) is 5.10 Å². The Morgan fingerprint density at radius 1 is 1.07 bits per heavy atom. The van der Waals surface area contributed by atoms with Crippen molar-refractivity contribution < 1.29 is 23.7 Å². The maximum atomic E-state index is 12.1. The molecule has 148 valence electrons. The summed E-state index contributed by atoms with van der Waals surface area (Å²) < 4.78 is 22.0. The zero-order valence-electron chi connectivity index (χ0n) is 15.9. The number of carbonyl (C=O) groups excluding carboxylic acids is 1. The van der Waals surface area contributed by atoms with Crippen molar-refractivity contribution in [2.24, 2.45) is 5.10 Å². The van der Waals surface area contributed by atoms with E-state index in [0.29, 0.717) is 35.2 Å². The second kappa shape index (κ2) is 8.52. The van der Waals surface area contributed by atoms with E-state index in [0.717, 1.165) is 10.8 Å². The number of hydrogen-bond acceptors (Lipinski definition) is 6. The van der Waals surface area contributed by atoms with Crippen LogP contribution in [0.5, 0.6) is 23.0 Å². The summed E-state index contributed by atoms with van der Waals surface area (Å²) in [6.07, 6.45) is 1.50. The van der Waals surface area contributed by atoms with Crippen LogP contribution in [-0.4, -0.2) is 32.1 Å². The minimum Gasteiger partial charge on any atom is -0.493 e. The molecule has 0 aromatic heterocycles. The summed E-state index contributed by atoms with van der Waals surface area (Å²) in [4.78, 5) is 12.1. The van der Waals surface area contributed by atoms with Crippen molar-refractivity contribution >= 4 is 22.9 Å². The van der Waals surface area contributed by atoms with E-state index in [1.807, 2.05) is 49.4 Å². The molecule has 0 spiro atoms. The van der Waals surface area contributed by atoms with Gasteiger partial charge in [-0.3, -0.25) is 4.79 Å². The fourth-order valence-electron chi connectivity index (χ4n) is 2.99. The number of ether oxygens (including phenoxy) is 4. The van der Waals surface area contributed by atoms with E-state index >= 15 is 0 Å². The second-order valence-electron chi connectivity index (χ2n) is 6.24. The third-order valence-corrected chi connectivity index (χ3v) is 4.31. The molecule has 0 unspecified atom stereocenters. The molecule has 0 atom stereocenters. The SMILES string of the molecule is CCOc1cc2c(cc1/C=N\NC(=O)COc1cccc3ccccc13)OCO2. The van der Waals surface area contributed by atoms with Crippen LogP contribution in [0.1, 0.15) is 12.5 Å². The number of hydrogen-bond donors (Lipinski definition) is 1. The van der Waals surface area contributed by atoms with Crippen LogP contribution >= 0.6 is 0 Å². The van der Waals surface area contributed by atoms with Gasteiger partial charge in [-0.05, 0) is 24.4 Å². The third kappa shape index (κ3) is 4.24. The van der Waals surface area contributed by atoms with Crippen molar-refractivity contribution in [1.29, 1.82) is 0 Å². The van der Waals surface area contributed by atoms with Gasteiger partial charge >= 0.3 is 0 Å². The van der Waals surface area contributed by atoms with E-state index in [1.165, 1.54) is 6.21 Å². The number of hydrazone groups is 1. The fourth-order valence-corrected chi connectivity index (χ4v) is 2.99. The predicted octanol–water partition coefficient (Wildman–Crippen LogP) is 3.50. The molecule has 0 saturated heterocycles. The number of carbonyl (C=O) groups is 1. The van der Waals surface area contributed by atoms with E-state index < -0.39 is 0 Å². The van der Waals surface area contributed by atoms with Crippen molar-refractivity contribution in [1.82, 2.24) is 5.43 Å². The van der Waals surface area contributed by atoms with Crippen molar-refractivity contribution in [2.75, 3.05) is 20.0 Å². The second-order valence-corrected chi connectivity index (χ2v) is 6.24. The molecule has 1 amide bonds. The van der Waals surface area contributed by atoms with Crippen LogP contribution in [0.3, 0.4) is 0 Å². The van der Waals surface area contributed by atoms with Gasteiger partial charge in [-0.25, -0.2) is 5.43 Å². The minimum absolute atomic E-state index is 0.148. The Balaban J connectivity index is 1.39. The van der Waals surface area contributed by atoms with Crippen molar-refractivity contribution in [3.05, 3.63) is 60.2 Å². The van der Waals surface area contributed by atoms with Crippen LogP contribution in [0.2, 0.25) is 0 Å². The Bertz CT molecular complexity index is 1060. The Labute approximate surface area is 167 Å². The lowest BCUT2D eigenvalue weighted by atomic mass is 10.1. The van der Waals surface area contributed by atoms with Gasteiger partial charge in [-0.15, -0.1) is 0 Å². The Morgan fingerprint density at radius 2 is 1.86 bits per heavy atom. The molecule has 0 bridgehead atoms. The fraction of sp³-hybridized carbons (Fsp3) is 0.182. The maximum Gasteiger partial charge on any atom is 0.277 e. The third-order valence-electron chi connectivity index (χ3n) is 4.31. The van der Waals surface area contributed by atoms with Crippen LogP contribution in [0.4, 0.5) is 0 Å². The standard InChI is InChI=1S/C22H20N2O5/c1-2-26-19-11-21-20(28-14-29-21)10-16(19)12-23-24-22(25)13-27-18-9-5-7-15-6-3-4-8-17(15)18/h3-12H,2,13-14H2,1H3,(H,24,25)/b23-12-. The van der Waals surface area contributed by atoms with Gasteiger partial charge in [0.25, 0.3) is 5.91 Å². The van der Waals surface area contributed by atoms with E-state index in [-0.39, 0.29) is 19.3 Å². The normalized spacial score (nSPS) is 12.3. The lowest BCUT2D eigenvalue weighted by Gasteiger charge is -2.09. The van der Waals surface area contributed by atoms with Crippen LogP contribution in [0, 0.1) is 0 Å². The first-order chi connectivity index (χ1) is 14.2. The summed E-state index contributed by atoms with van der Waals surface area (Å²) >= 11 is 0. The first-order valence-corrected chi connectivity index (χ1v) is 9.23. The van der Waals surface area contributed by atoms with E-state index in [9.17, 15) is 4.79 Å². The van der Waals surface area contributed by atoms with E-state index in [1.54, 1.807) is 12.1 Å². The number of amides is 1. The molecule has 0 saturated carbocycles. The molecular weight excluding hydrogens is 372 g/mol. The number of nitrogens with one attached hydrogen (secondary N) is 1. The van der Waals surface area contributed by atoms with Gasteiger partial charge in [0.05, 0.1) is 12.8 Å². The average Bonchev–Trinajstić information content (AvgIpc) is 3.20. The molecule has 7 nitrogen and oxygen atoms in total. The van der Waals surface area contributed by atoms with Crippen LogP contribution < -0.4 is 24.4 Å². The molecule has 1 aliphatic rings. The van der Waals surface area contributed by atoms with Gasteiger partial charge in [0.15, 0.2) is 18.1 Å². The first-order valence-electron chi connectivity index (χ1n) is 9.23. The number of fused-ring (bicyclic) bond motifs is 2. The molecule has 1 aliphatic heterocycles. The molecule has 7 heteroatoms. The van der Waals surface area contributed by atoms with E-state index in [4.69, 9.17) is 18.9 Å². The van der Waals surface area contributed by atoms with Gasteiger partial charge in [0.1, 0.15) is 11.5 Å². The van der Waals surface area contributed by atoms with Crippen molar-refractivity contribution in [3.63, 3.8) is 0 Å². The van der Waals surface area contributed by atoms with Crippen LogP contribution in [-0.2, 0) is 4.79 Å². The molecule has 0 fully saturated rings. The molecule has 0 radical (unpaired) electrons. The molecule has 3 aromatic rings. The quantitative estimate of drug-likeness (QED) is 0.492. The Kier molecular flexibility index (Phi) is 5.47. The summed E-state index contributed by atoms with van der Waals surface area (Å²) in [6.45, 7) is 2.40. The first kappa shape index (κ1) is 18.6. The number of benzene rings is 3. The van der Waals surface area contributed by atoms with Crippen molar-refractivity contribution in [2.45, 2.75) is 6.92 Å². The van der Waals surface area contributed by atoms with Gasteiger partial charge in [0.2, 0.25) is 6.79 Å². The summed E-state index contributed by atoms with van der Waals surface area (Å²) in [7, 11) is 0. The van der Waals surface area contributed by atoms with Gasteiger partial charge in [0, 0.05) is 17.0 Å². The number of rotatable bonds is 7. The summed E-state index contributed by atoms with van der Waals surface area (Å²) in [6, 6.07) is 17.1. The molecule has 1 heterocycles. The highest BCUT2D eigenvalue weighted by Gasteiger charge is 2.17. The van der Waals surface area contributed by atoms with Crippen molar-refractivity contribution in [3.8, 4) is 23.0 Å². The molecule has 4 rings (SSSR count). The maximum absolute atomic E-state index is 12.1. The molecule has 3 aromatic carbocycles. The molecule has 0 aliphatic carbocycles. The molecular formula is C22H20N2O5. The lowest BCUT2D eigenvalue weighted by molar-refractivity contribution is -0.123. The topological polar surface area (TPSA) is 78.4 Å². The van der Waals surface area contributed by atoms with E-state index in [2.05, 4.69) is 10.5 Å². The van der Waals surface area contributed by atoms with Crippen LogP contribution in [0.25, 0.3) is 10.8 Å². The monoisotopic (exact) mass is 392 g/mol. The highest BCUT2D eigenvalue weighted by Crippen LogP contribution is 2.37. The van der Waals surface area contributed by atoms with Gasteiger partial charge < -0.3 is 18.9 Å². The van der Waals surface area contributed by atoms with Gasteiger partial charge in [-0.1, -0.05) is 36.4 Å². The van der Waals surface area contributed by atoms with Crippen LogP contribution in [0.15, 0.2) is 59.7 Å². The Morgan fingerprint density at radius 3 is 2.72 bits per heavy atom. The number of nitrogens with zero attached hydrogens (tertiary/aromatic N) is 1. The summed E-state index contributed by atoms with van der Waals surface area (Å²) in [5, 5.41) is 6.01. The molecule has 1 N–H and O–H groups in total. The summed E-state index contributed by atoms with van der Waals surface area (Å²) in [5.41, 5.74) is 3.14. The highest BCUT2D eigenvalue weighted by molar-refractivity contribution is 5.89. The zero-order valence-corrected chi connectivity index (χ0v) is 15.9. The smallest absolute Gasteiger partial charge is 0.277 e. The lowest BCUT2D eigenvalue weighted by Crippen LogP contribution is -2.24. The molecule has 29 heavy (non-hydrogen) atoms. The Hall–Kier alpha value is -3.74.